The number of para-hydroxylation sites is 1. The lowest BCUT2D eigenvalue weighted by atomic mass is 10.1. The van der Waals surface area contributed by atoms with E-state index in [2.05, 4.69) is 4.98 Å². The van der Waals surface area contributed by atoms with Crippen molar-refractivity contribution in [2.75, 3.05) is 7.11 Å². The Morgan fingerprint density at radius 3 is 2.50 bits per heavy atom. The first-order valence-corrected chi connectivity index (χ1v) is 5.13. The van der Waals surface area contributed by atoms with Crippen molar-refractivity contribution in [2.45, 2.75) is 13.1 Å². The van der Waals surface area contributed by atoms with Crippen LogP contribution in [-0.4, -0.2) is 17.9 Å². The smallest absolute Gasteiger partial charge is 0.431 e. The van der Waals surface area contributed by atoms with Gasteiger partial charge < -0.3 is 9.72 Å². The molecule has 0 aliphatic rings. The second-order valence-corrected chi connectivity index (χ2v) is 3.81. The zero-order chi connectivity index (χ0) is 13.5. The molecule has 6 heteroatoms. The normalized spacial score (nSPS) is 11.8. The standard InChI is InChI=1S/C12H10F3NO2/c1-6(17)9-7-4-3-5-8(18-2)10(7)16-11(9)12(13,14)15/h3-5,16H,1-2H3. The predicted molar refractivity (Wildman–Crippen MR) is 59.9 cm³/mol. The Hall–Kier alpha value is -1.98. The van der Waals surface area contributed by atoms with Gasteiger partial charge in [0.2, 0.25) is 0 Å². The molecule has 0 aliphatic heterocycles. The number of methoxy groups -OCH3 is 1. The fourth-order valence-corrected chi connectivity index (χ4v) is 1.94. The summed E-state index contributed by atoms with van der Waals surface area (Å²) >= 11 is 0. The summed E-state index contributed by atoms with van der Waals surface area (Å²) in [5.74, 6) is -0.368. The van der Waals surface area contributed by atoms with Gasteiger partial charge in [-0.15, -0.1) is 0 Å². The van der Waals surface area contributed by atoms with E-state index in [9.17, 15) is 18.0 Å². The number of hydrogen-bond donors (Lipinski definition) is 1. The van der Waals surface area contributed by atoms with Crippen LogP contribution in [0.4, 0.5) is 13.2 Å². The molecule has 1 aromatic carbocycles. The van der Waals surface area contributed by atoms with Crippen LogP contribution in [0.2, 0.25) is 0 Å². The van der Waals surface area contributed by atoms with Crippen LogP contribution in [0.1, 0.15) is 23.0 Å². The third-order valence-corrected chi connectivity index (χ3v) is 2.65. The molecule has 0 radical (unpaired) electrons. The Morgan fingerprint density at radius 1 is 1.33 bits per heavy atom. The zero-order valence-corrected chi connectivity index (χ0v) is 9.68. The van der Waals surface area contributed by atoms with Gasteiger partial charge in [-0.1, -0.05) is 12.1 Å². The zero-order valence-electron chi connectivity index (χ0n) is 9.68. The third kappa shape index (κ3) is 1.83. The summed E-state index contributed by atoms with van der Waals surface area (Å²) in [7, 11) is 1.36. The topological polar surface area (TPSA) is 42.1 Å². The second kappa shape index (κ2) is 4.04. The van der Waals surface area contributed by atoms with Crippen molar-refractivity contribution in [1.82, 2.24) is 4.98 Å². The van der Waals surface area contributed by atoms with Crippen LogP contribution < -0.4 is 4.74 Å². The number of ketones is 1. The number of ether oxygens (including phenoxy) is 1. The number of alkyl halides is 3. The van der Waals surface area contributed by atoms with Gasteiger partial charge in [0.15, 0.2) is 5.78 Å². The molecule has 0 saturated carbocycles. The van der Waals surface area contributed by atoms with Crippen LogP contribution in [0.15, 0.2) is 18.2 Å². The van der Waals surface area contributed by atoms with Gasteiger partial charge in [-0.2, -0.15) is 13.2 Å². The van der Waals surface area contributed by atoms with Gasteiger partial charge in [0.25, 0.3) is 0 Å². The highest BCUT2D eigenvalue weighted by atomic mass is 19.4. The van der Waals surface area contributed by atoms with Gasteiger partial charge in [0.1, 0.15) is 11.4 Å². The number of carbonyl (C=O) groups is 1. The Balaban J connectivity index is 2.87. The summed E-state index contributed by atoms with van der Waals surface area (Å²) in [4.78, 5) is 13.7. The molecule has 0 unspecified atom stereocenters. The Kier molecular flexibility index (Phi) is 2.80. The van der Waals surface area contributed by atoms with Crippen molar-refractivity contribution in [3.05, 3.63) is 29.5 Å². The van der Waals surface area contributed by atoms with Crippen LogP contribution >= 0.6 is 0 Å². The molecule has 1 N–H and O–H groups in total. The molecule has 2 rings (SSSR count). The first kappa shape index (κ1) is 12.5. The van der Waals surface area contributed by atoms with E-state index in [-0.39, 0.29) is 22.2 Å². The van der Waals surface area contributed by atoms with Crippen LogP contribution in [0.25, 0.3) is 10.9 Å². The molecule has 0 atom stereocenters. The molecule has 3 nitrogen and oxygen atoms in total. The fourth-order valence-electron chi connectivity index (χ4n) is 1.94. The molecule has 0 amide bonds. The molecular formula is C12H10F3NO2. The van der Waals surface area contributed by atoms with Crippen molar-refractivity contribution in [2.24, 2.45) is 0 Å². The van der Waals surface area contributed by atoms with E-state index in [0.717, 1.165) is 6.92 Å². The number of nitrogens with one attached hydrogen (secondary N) is 1. The number of hydrogen-bond acceptors (Lipinski definition) is 2. The minimum atomic E-state index is -4.61. The number of benzene rings is 1. The fraction of sp³-hybridized carbons (Fsp3) is 0.250. The van der Waals surface area contributed by atoms with Crippen LogP contribution in [-0.2, 0) is 6.18 Å². The van der Waals surface area contributed by atoms with Gasteiger partial charge in [0, 0.05) is 5.39 Å². The Morgan fingerprint density at radius 2 is 2.00 bits per heavy atom. The molecule has 1 aromatic heterocycles. The molecule has 1 heterocycles. The van der Waals surface area contributed by atoms with Gasteiger partial charge in [0.05, 0.1) is 18.2 Å². The van der Waals surface area contributed by atoms with Crippen molar-refractivity contribution in [3.8, 4) is 5.75 Å². The van der Waals surface area contributed by atoms with Crippen molar-refractivity contribution < 1.29 is 22.7 Å². The average molecular weight is 257 g/mol. The summed E-state index contributed by atoms with van der Waals surface area (Å²) in [6.07, 6.45) is -4.61. The van der Waals surface area contributed by atoms with Gasteiger partial charge in [-0.25, -0.2) is 0 Å². The van der Waals surface area contributed by atoms with Crippen molar-refractivity contribution >= 4 is 16.7 Å². The minimum absolute atomic E-state index is 0.178. The van der Waals surface area contributed by atoms with Crippen LogP contribution in [0.5, 0.6) is 5.75 Å². The highest BCUT2D eigenvalue weighted by Gasteiger charge is 2.38. The lowest BCUT2D eigenvalue weighted by molar-refractivity contribution is -0.140. The lowest BCUT2D eigenvalue weighted by Gasteiger charge is -2.05. The van der Waals surface area contributed by atoms with E-state index in [0.29, 0.717) is 0 Å². The molecule has 18 heavy (non-hydrogen) atoms. The summed E-state index contributed by atoms with van der Waals surface area (Å²) in [5.41, 5.74) is -1.21. The minimum Gasteiger partial charge on any atom is -0.495 e. The summed E-state index contributed by atoms with van der Waals surface area (Å²) in [6.45, 7) is 1.11. The first-order chi connectivity index (χ1) is 8.36. The number of aromatic nitrogens is 1. The van der Waals surface area contributed by atoms with Crippen molar-refractivity contribution in [1.29, 1.82) is 0 Å². The van der Waals surface area contributed by atoms with Crippen LogP contribution in [0.3, 0.4) is 0 Å². The molecule has 0 saturated heterocycles. The number of fused-ring (bicyclic) bond motifs is 1. The maximum Gasteiger partial charge on any atom is 0.431 e. The number of Topliss-reactive ketones (excluding diaryl/α,β-unsaturated/α-hetero) is 1. The van der Waals surface area contributed by atoms with Gasteiger partial charge in [-0.05, 0) is 13.0 Å². The first-order valence-electron chi connectivity index (χ1n) is 5.13. The maximum absolute atomic E-state index is 12.9. The molecule has 0 aliphatic carbocycles. The highest BCUT2D eigenvalue weighted by Crippen LogP contribution is 2.38. The third-order valence-electron chi connectivity index (χ3n) is 2.65. The SMILES string of the molecule is COc1cccc2c(C(C)=O)c(C(F)(F)F)[nH]c12. The molecule has 2 aromatic rings. The van der Waals surface area contributed by atoms with E-state index < -0.39 is 17.7 Å². The summed E-state index contributed by atoms with van der Waals surface area (Å²) in [6, 6.07) is 4.53. The van der Waals surface area contributed by atoms with Crippen LogP contribution in [0, 0.1) is 0 Å². The molecule has 0 spiro atoms. The van der Waals surface area contributed by atoms with Crippen molar-refractivity contribution in [3.63, 3.8) is 0 Å². The van der Waals surface area contributed by atoms with Gasteiger partial charge in [-0.3, -0.25) is 4.79 Å². The molecule has 96 valence electrons. The second-order valence-electron chi connectivity index (χ2n) is 3.81. The highest BCUT2D eigenvalue weighted by molar-refractivity contribution is 6.09. The lowest BCUT2D eigenvalue weighted by Crippen LogP contribution is -2.10. The predicted octanol–water partition coefficient (Wildman–Crippen LogP) is 3.40. The maximum atomic E-state index is 12.9. The van der Waals surface area contributed by atoms with E-state index in [4.69, 9.17) is 4.74 Å². The quantitative estimate of drug-likeness (QED) is 0.838. The van der Waals surface area contributed by atoms with E-state index in [1.165, 1.54) is 19.2 Å². The number of halogens is 3. The number of carbonyl (C=O) groups excluding carboxylic acids is 1. The monoisotopic (exact) mass is 257 g/mol. The van der Waals surface area contributed by atoms with E-state index in [1.807, 2.05) is 0 Å². The molecule has 0 bridgehead atoms. The Bertz CT molecular complexity index is 614. The summed E-state index contributed by atoms with van der Waals surface area (Å²) < 4.78 is 43.6. The number of H-pyrrole nitrogens is 1. The molecular weight excluding hydrogens is 247 g/mol. The Labute approximate surface area is 101 Å². The number of aromatic amines is 1. The van der Waals surface area contributed by atoms with E-state index in [1.54, 1.807) is 6.07 Å². The largest absolute Gasteiger partial charge is 0.495 e. The average Bonchev–Trinajstić information content (AvgIpc) is 2.67. The molecule has 0 fully saturated rings. The number of rotatable bonds is 2. The van der Waals surface area contributed by atoms with E-state index >= 15 is 0 Å². The summed E-state index contributed by atoms with van der Waals surface area (Å²) in [5, 5.41) is 0.217. The van der Waals surface area contributed by atoms with Gasteiger partial charge >= 0.3 is 6.18 Å².